The number of aromatic carboxylic acids is 1. The molecule has 15 heavy (non-hydrogen) atoms. The van der Waals surface area contributed by atoms with Gasteiger partial charge in [-0.1, -0.05) is 18.2 Å². The molecule has 2 nitrogen and oxygen atoms in total. The van der Waals surface area contributed by atoms with Gasteiger partial charge < -0.3 is 5.11 Å². The molecule has 3 heteroatoms. The second-order valence-corrected chi connectivity index (χ2v) is 5.00. The normalized spacial score (nSPS) is 17.6. The van der Waals surface area contributed by atoms with Crippen LogP contribution in [-0.2, 0) is 0 Å². The van der Waals surface area contributed by atoms with E-state index >= 15 is 0 Å². The highest BCUT2D eigenvalue weighted by atomic mass is 32.2. The van der Waals surface area contributed by atoms with Crippen molar-refractivity contribution >= 4 is 17.7 Å². The molecule has 1 N–H and O–H groups in total. The van der Waals surface area contributed by atoms with Crippen molar-refractivity contribution in [1.29, 1.82) is 0 Å². The fourth-order valence-corrected chi connectivity index (χ4v) is 3.16. The third-order valence-corrected chi connectivity index (χ3v) is 3.90. The van der Waals surface area contributed by atoms with Crippen LogP contribution >= 0.6 is 11.8 Å². The summed E-state index contributed by atoms with van der Waals surface area (Å²) in [6, 6.07) is 7.40. The summed E-state index contributed by atoms with van der Waals surface area (Å²) >= 11 is 1.96. The van der Waals surface area contributed by atoms with Gasteiger partial charge in [0.05, 0.1) is 5.56 Å². The van der Waals surface area contributed by atoms with Crippen molar-refractivity contribution < 1.29 is 9.90 Å². The molecule has 1 aliphatic rings. The summed E-state index contributed by atoms with van der Waals surface area (Å²) in [4.78, 5) is 11.1. The summed E-state index contributed by atoms with van der Waals surface area (Å²) in [6.45, 7) is 0. The summed E-state index contributed by atoms with van der Waals surface area (Å²) in [5, 5.41) is 9.09. The van der Waals surface area contributed by atoms with Gasteiger partial charge in [0, 0.05) is 0 Å². The van der Waals surface area contributed by atoms with E-state index in [1.54, 1.807) is 12.1 Å². The molecule has 0 radical (unpaired) electrons. The topological polar surface area (TPSA) is 37.3 Å². The van der Waals surface area contributed by atoms with Gasteiger partial charge in [0.2, 0.25) is 0 Å². The van der Waals surface area contributed by atoms with E-state index in [-0.39, 0.29) is 0 Å². The highest BCUT2D eigenvalue weighted by molar-refractivity contribution is 7.99. The fourth-order valence-electron chi connectivity index (χ4n) is 2.06. The molecule has 0 saturated carbocycles. The summed E-state index contributed by atoms with van der Waals surface area (Å²) in [7, 11) is 0. The zero-order valence-electron chi connectivity index (χ0n) is 8.48. The highest BCUT2D eigenvalue weighted by Crippen LogP contribution is 2.33. The first-order valence-corrected chi connectivity index (χ1v) is 6.34. The first-order valence-electron chi connectivity index (χ1n) is 5.19. The van der Waals surface area contributed by atoms with E-state index in [4.69, 9.17) is 5.11 Å². The predicted octanol–water partition coefficient (Wildman–Crippen LogP) is 3.00. The predicted molar refractivity (Wildman–Crippen MR) is 62.7 cm³/mol. The van der Waals surface area contributed by atoms with Gasteiger partial charge in [-0.15, -0.1) is 0 Å². The van der Waals surface area contributed by atoms with Gasteiger partial charge in [0.1, 0.15) is 0 Å². The summed E-state index contributed by atoms with van der Waals surface area (Å²) < 4.78 is 0. The van der Waals surface area contributed by atoms with Crippen LogP contribution in [-0.4, -0.2) is 22.6 Å². The number of rotatable bonds is 2. The van der Waals surface area contributed by atoms with Crippen molar-refractivity contribution in [1.82, 2.24) is 0 Å². The monoisotopic (exact) mass is 222 g/mol. The molecule has 1 aromatic carbocycles. The van der Waals surface area contributed by atoms with Crippen LogP contribution in [0.4, 0.5) is 0 Å². The van der Waals surface area contributed by atoms with E-state index in [2.05, 4.69) is 0 Å². The van der Waals surface area contributed by atoms with Crippen LogP contribution in [0, 0.1) is 0 Å². The minimum absolute atomic E-state index is 0.443. The Labute approximate surface area is 93.7 Å². The third-order valence-electron chi connectivity index (χ3n) is 2.85. The molecule has 2 rings (SSSR count). The molecule has 80 valence electrons. The van der Waals surface area contributed by atoms with E-state index in [1.165, 1.54) is 0 Å². The van der Waals surface area contributed by atoms with E-state index in [0.29, 0.717) is 11.5 Å². The van der Waals surface area contributed by atoms with Crippen LogP contribution in [0.5, 0.6) is 0 Å². The van der Waals surface area contributed by atoms with Crippen molar-refractivity contribution in [2.75, 3.05) is 11.5 Å². The lowest BCUT2D eigenvalue weighted by Gasteiger charge is -2.22. The van der Waals surface area contributed by atoms with Gasteiger partial charge >= 0.3 is 5.97 Å². The van der Waals surface area contributed by atoms with Gasteiger partial charge in [0.15, 0.2) is 0 Å². The van der Waals surface area contributed by atoms with Crippen molar-refractivity contribution in [3.05, 3.63) is 35.4 Å². The van der Waals surface area contributed by atoms with Gasteiger partial charge in [-0.25, -0.2) is 4.79 Å². The smallest absolute Gasteiger partial charge is 0.335 e. The molecular formula is C12H14O2S. The Hall–Kier alpha value is -0.960. The van der Waals surface area contributed by atoms with Crippen LogP contribution in [0.3, 0.4) is 0 Å². The number of carboxylic acid groups (broad SMARTS) is 1. The van der Waals surface area contributed by atoms with Gasteiger partial charge in [-0.2, -0.15) is 11.8 Å². The summed E-state index contributed by atoms with van der Waals surface area (Å²) in [5.41, 5.74) is 1.50. The van der Waals surface area contributed by atoms with Crippen molar-refractivity contribution in [2.24, 2.45) is 0 Å². The minimum Gasteiger partial charge on any atom is -0.478 e. The number of benzene rings is 1. The van der Waals surface area contributed by atoms with Gasteiger partial charge in [-0.05, 0) is 41.9 Å². The Kier molecular flexibility index (Phi) is 3.31. The molecule has 0 bridgehead atoms. The first-order chi connectivity index (χ1) is 7.29. The van der Waals surface area contributed by atoms with Gasteiger partial charge in [0.25, 0.3) is 0 Å². The van der Waals surface area contributed by atoms with Gasteiger partial charge in [-0.3, -0.25) is 0 Å². The standard InChI is InChI=1S/C12H14O2S/c13-12(14)11-4-2-1-3-10(11)9-5-7-15-8-6-9/h1-4,9H,5-8H2,(H,13,14). The molecule has 1 fully saturated rings. The molecule has 1 aromatic rings. The average Bonchev–Trinajstić information content (AvgIpc) is 2.30. The molecule has 0 unspecified atom stereocenters. The Bertz CT molecular complexity index is 356. The molecule has 0 aliphatic carbocycles. The maximum atomic E-state index is 11.1. The van der Waals surface area contributed by atoms with Crippen molar-refractivity contribution in [3.8, 4) is 0 Å². The van der Waals surface area contributed by atoms with Crippen LogP contribution in [0.2, 0.25) is 0 Å². The number of carbonyl (C=O) groups is 1. The Morgan fingerprint density at radius 2 is 1.93 bits per heavy atom. The third kappa shape index (κ3) is 2.34. The average molecular weight is 222 g/mol. The highest BCUT2D eigenvalue weighted by Gasteiger charge is 2.20. The lowest BCUT2D eigenvalue weighted by atomic mass is 9.90. The zero-order valence-corrected chi connectivity index (χ0v) is 9.30. The number of hydrogen-bond acceptors (Lipinski definition) is 2. The zero-order chi connectivity index (χ0) is 10.7. The molecule has 0 spiro atoms. The van der Waals surface area contributed by atoms with Crippen molar-refractivity contribution in [3.63, 3.8) is 0 Å². The van der Waals surface area contributed by atoms with E-state index < -0.39 is 5.97 Å². The van der Waals surface area contributed by atoms with Crippen LogP contribution in [0.1, 0.15) is 34.7 Å². The Balaban J connectivity index is 2.29. The lowest BCUT2D eigenvalue weighted by Crippen LogP contribution is -2.12. The Morgan fingerprint density at radius 3 is 2.60 bits per heavy atom. The maximum absolute atomic E-state index is 11.1. The van der Waals surface area contributed by atoms with E-state index in [0.717, 1.165) is 29.9 Å². The second-order valence-electron chi connectivity index (χ2n) is 3.78. The largest absolute Gasteiger partial charge is 0.478 e. The molecule has 0 aromatic heterocycles. The molecule has 1 heterocycles. The second kappa shape index (κ2) is 4.71. The molecule has 0 atom stereocenters. The molecule has 1 aliphatic heterocycles. The minimum atomic E-state index is -0.802. The number of thioether (sulfide) groups is 1. The fraction of sp³-hybridized carbons (Fsp3) is 0.417. The van der Waals surface area contributed by atoms with Crippen LogP contribution in [0.15, 0.2) is 24.3 Å². The molecular weight excluding hydrogens is 208 g/mol. The summed E-state index contributed by atoms with van der Waals surface area (Å²) in [5.74, 6) is 1.94. The molecule has 0 amide bonds. The summed E-state index contributed by atoms with van der Waals surface area (Å²) in [6.07, 6.45) is 2.21. The van der Waals surface area contributed by atoms with E-state index in [9.17, 15) is 4.79 Å². The lowest BCUT2D eigenvalue weighted by molar-refractivity contribution is 0.0695. The SMILES string of the molecule is O=C(O)c1ccccc1C1CCSCC1. The first kappa shape index (κ1) is 10.6. The molecule has 1 saturated heterocycles. The van der Waals surface area contributed by atoms with Crippen LogP contribution < -0.4 is 0 Å². The van der Waals surface area contributed by atoms with Crippen molar-refractivity contribution in [2.45, 2.75) is 18.8 Å². The quantitative estimate of drug-likeness (QED) is 0.835. The number of carboxylic acids is 1. The Morgan fingerprint density at radius 1 is 1.27 bits per heavy atom. The maximum Gasteiger partial charge on any atom is 0.335 e. The van der Waals surface area contributed by atoms with Crippen LogP contribution in [0.25, 0.3) is 0 Å². The number of hydrogen-bond donors (Lipinski definition) is 1. The van der Waals surface area contributed by atoms with E-state index in [1.807, 2.05) is 23.9 Å².